The minimum absolute atomic E-state index is 0.0301. The highest BCUT2D eigenvalue weighted by Crippen LogP contribution is 2.07. The summed E-state index contributed by atoms with van der Waals surface area (Å²) in [5.74, 6) is 0.0301. The molecule has 0 radical (unpaired) electrons. The number of nitrogen functional groups attached to an aromatic ring is 1. The first-order chi connectivity index (χ1) is 9.13. The SMILES string of the molecule is Cn1ccc(CNC(=O)CCc2ccc(N)cc2)n1. The number of nitrogens with two attached hydrogens (primary N) is 1. The fraction of sp³-hybridized carbons (Fsp3) is 0.286. The molecule has 100 valence electrons. The lowest BCUT2D eigenvalue weighted by Gasteiger charge is -2.04. The van der Waals surface area contributed by atoms with E-state index in [0.29, 0.717) is 19.4 Å². The summed E-state index contributed by atoms with van der Waals surface area (Å²) in [7, 11) is 1.85. The predicted molar refractivity (Wildman–Crippen MR) is 74.2 cm³/mol. The number of carbonyl (C=O) groups is 1. The predicted octanol–water partition coefficient (Wildman–Crippen LogP) is 1.25. The summed E-state index contributed by atoms with van der Waals surface area (Å²) in [6.45, 7) is 0.474. The Morgan fingerprint density at radius 2 is 2.05 bits per heavy atom. The summed E-state index contributed by atoms with van der Waals surface area (Å²) in [4.78, 5) is 11.7. The molecule has 0 saturated heterocycles. The van der Waals surface area contributed by atoms with Crippen LogP contribution < -0.4 is 11.1 Å². The summed E-state index contributed by atoms with van der Waals surface area (Å²) in [5, 5.41) is 7.05. The van der Waals surface area contributed by atoms with Gasteiger partial charge in [0.25, 0.3) is 0 Å². The molecule has 0 spiro atoms. The van der Waals surface area contributed by atoms with Crippen LogP contribution in [0.15, 0.2) is 36.5 Å². The van der Waals surface area contributed by atoms with Gasteiger partial charge in [0.2, 0.25) is 5.91 Å². The van der Waals surface area contributed by atoms with Crippen LogP contribution in [0.2, 0.25) is 0 Å². The van der Waals surface area contributed by atoms with E-state index in [0.717, 1.165) is 16.9 Å². The third-order valence-corrected chi connectivity index (χ3v) is 2.86. The molecule has 0 saturated carbocycles. The average Bonchev–Trinajstić information content (AvgIpc) is 2.81. The van der Waals surface area contributed by atoms with E-state index in [2.05, 4.69) is 10.4 Å². The maximum Gasteiger partial charge on any atom is 0.220 e. The highest BCUT2D eigenvalue weighted by Gasteiger charge is 2.03. The molecule has 2 rings (SSSR count). The van der Waals surface area contributed by atoms with Crippen LogP contribution in [0.4, 0.5) is 5.69 Å². The van der Waals surface area contributed by atoms with Crippen molar-refractivity contribution in [3.63, 3.8) is 0 Å². The van der Waals surface area contributed by atoms with E-state index in [1.54, 1.807) is 4.68 Å². The van der Waals surface area contributed by atoms with Gasteiger partial charge >= 0.3 is 0 Å². The van der Waals surface area contributed by atoms with Crippen LogP contribution in [0.25, 0.3) is 0 Å². The van der Waals surface area contributed by atoms with Crippen molar-refractivity contribution in [2.75, 3.05) is 5.73 Å². The Bertz CT molecular complexity index is 545. The van der Waals surface area contributed by atoms with Gasteiger partial charge < -0.3 is 11.1 Å². The van der Waals surface area contributed by atoms with E-state index in [1.807, 2.05) is 43.6 Å². The van der Waals surface area contributed by atoms with Gasteiger partial charge in [-0.3, -0.25) is 9.48 Å². The molecule has 5 heteroatoms. The number of carbonyl (C=O) groups excluding carboxylic acids is 1. The zero-order valence-corrected chi connectivity index (χ0v) is 11.0. The number of nitrogens with one attached hydrogen (secondary N) is 1. The van der Waals surface area contributed by atoms with E-state index >= 15 is 0 Å². The number of amides is 1. The van der Waals surface area contributed by atoms with Crippen molar-refractivity contribution in [2.24, 2.45) is 7.05 Å². The largest absolute Gasteiger partial charge is 0.399 e. The fourth-order valence-electron chi connectivity index (χ4n) is 1.78. The number of aryl methyl sites for hydroxylation is 2. The van der Waals surface area contributed by atoms with Gasteiger partial charge in [-0.05, 0) is 30.2 Å². The third kappa shape index (κ3) is 4.13. The minimum atomic E-state index is 0.0301. The van der Waals surface area contributed by atoms with E-state index in [4.69, 9.17) is 5.73 Å². The molecule has 19 heavy (non-hydrogen) atoms. The van der Waals surface area contributed by atoms with E-state index in [9.17, 15) is 4.79 Å². The normalized spacial score (nSPS) is 10.4. The number of rotatable bonds is 5. The maximum atomic E-state index is 11.7. The molecule has 0 fully saturated rings. The van der Waals surface area contributed by atoms with Gasteiger partial charge in [0, 0.05) is 25.4 Å². The van der Waals surface area contributed by atoms with Gasteiger partial charge in [-0.25, -0.2) is 0 Å². The van der Waals surface area contributed by atoms with Crippen LogP contribution in [0, 0.1) is 0 Å². The Hall–Kier alpha value is -2.30. The Kier molecular flexibility index (Phi) is 4.18. The van der Waals surface area contributed by atoms with Gasteiger partial charge in [0.1, 0.15) is 0 Å². The molecule has 1 aromatic carbocycles. The van der Waals surface area contributed by atoms with Gasteiger partial charge in [-0.1, -0.05) is 12.1 Å². The van der Waals surface area contributed by atoms with Gasteiger partial charge in [0.15, 0.2) is 0 Å². The highest BCUT2D eigenvalue weighted by molar-refractivity contribution is 5.76. The summed E-state index contributed by atoms with van der Waals surface area (Å²) in [6, 6.07) is 9.48. The second-order valence-electron chi connectivity index (χ2n) is 4.50. The molecule has 0 atom stereocenters. The third-order valence-electron chi connectivity index (χ3n) is 2.86. The summed E-state index contributed by atoms with van der Waals surface area (Å²) >= 11 is 0. The van der Waals surface area contributed by atoms with Crippen molar-refractivity contribution in [2.45, 2.75) is 19.4 Å². The highest BCUT2D eigenvalue weighted by atomic mass is 16.1. The molecule has 0 aliphatic rings. The molecule has 5 nitrogen and oxygen atoms in total. The molecular weight excluding hydrogens is 240 g/mol. The topological polar surface area (TPSA) is 72.9 Å². The molecule has 0 unspecified atom stereocenters. The van der Waals surface area contributed by atoms with Crippen LogP contribution in [0.5, 0.6) is 0 Å². The van der Waals surface area contributed by atoms with E-state index in [-0.39, 0.29) is 5.91 Å². The van der Waals surface area contributed by atoms with Crippen molar-refractivity contribution in [3.05, 3.63) is 47.8 Å². The maximum absolute atomic E-state index is 11.7. The lowest BCUT2D eigenvalue weighted by Crippen LogP contribution is -2.23. The van der Waals surface area contributed by atoms with Crippen molar-refractivity contribution in [1.29, 1.82) is 0 Å². The number of nitrogens with zero attached hydrogens (tertiary/aromatic N) is 2. The molecule has 1 amide bonds. The number of hydrogen-bond donors (Lipinski definition) is 2. The first-order valence-corrected chi connectivity index (χ1v) is 6.23. The number of benzene rings is 1. The van der Waals surface area contributed by atoms with Crippen LogP contribution in [0.1, 0.15) is 17.7 Å². The van der Waals surface area contributed by atoms with Crippen molar-refractivity contribution in [3.8, 4) is 0 Å². The number of anilines is 1. The lowest BCUT2D eigenvalue weighted by molar-refractivity contribution is -0.121. The molecule has 1 heterocycles. The van der Waals surface area contributed by atoms with Crippen LogP contribution in [-0.2, 0) is 24.8 Å². The first-order valence-electron chi connectivity index (χ1n) is 6.23. The number of hydrogen-bond acceptors (Lipinski definition) is 3. The Morgan fingerprint density at radius 3 is 2.68 bits per heavy atom. The molecule has 3 N–H and O–H groups in total. The van der Waals surface area contributed by atoms with Crippen LogP contribution >= 0.6 is 0 Å². The quantitative estimate of drug-likeness (QED) is 0.793. The molecular formula is C14H18N4O. The zero-order chi connectivity index (χ0) is 13.7. The van der Waals surface area contributed by atoms with Gasteiger partial charge in [0.05, 0.1) is 12.2 Å². The molecule has 0 bridgehead atoms. The number of aromatic nitrogens is 2. The van der Waals surface area contributed by atoms with Crippen LogP contribution in [-0.4, -0.2) is 15.7 Å². The van der Waals surface area contributed by atoms with Crippen LogP contribution in [0.3, 0.4) is 0 Å². The summed E-state index contributed by atoms with van der Waals surface area (Å²) in [5.41, 5.74) is 8.33. The summed E-state index contributed by atoms with van der Waals surface area (Å²) in [6.07, 6.45) is 3.04. The Balaban J connectivity index is 1.74. The van der Waals surface area contributed by atoms with E-state index in [1.165, 1.54) is 0 Å². The first kappa shape index (κ1) is 13.1. The van der Waals surface area contributed by atoms with E-state index < -0.39 is 0 Å². The average molecular weight is 258 g/mol. The molecule has 0 aliphatic carbocycles. The standard InChI is InChI=1S/C14H18N4O/c1-18-9-8-13(17-18)10-16-14(19)7-4-11-2-5-12(15)6-3-11/h2-3,5-6,8-9H,4,7,10,15H2,1H3,(H,16,19). The van der Waals surface area contributed by atoms with Crippen molar-refractivity contribution >= 4 is 11.6 Å². The second kappa shape index (κ2) is 6.04. The molecule has 2 aromatic rings. The van der Waals surface area contributed by atoms with Gasteiger partial charge in [-0.15, -0.1) is 0 Å². The van der Waals surface area contributed by atoms with Gasteiger partial charge in [-0.2, -0.15) is 5.10 Å². The monoisotopic (exact) mass is 258 g/mol. The Labute approximate surface area is 112 Å². The van der Waals surface area contributed by atoms with Crippen molar-refractivity contribution in [1.82, 2.24) is 15.1 Å². The lowest BCUT2D eigenvalue weighted by atomic mass is 10.1. The molecule has 0 aliphatic heterocycles. The second-order valence-corrected chi connectivity index (χ2v) is 4.50. The Morgan fingerprint density at radius 1 is 1.32 bits per heavy atom. The summed E-state index contributed by atoms with van der Waals surface area (Å²) < 4.78 is 1.72. The van der Waals surface area contributed by atoms with Crippen molar-refractivity contribution < 1.29 is 4.79 Å². The minimum Gasteiger partial charge on any atom is -0.399 e. The zero-order valence-electron chi connectivity index (χ0n) is 11.0. The smallest absolute Gasteiger partial charge is 0.220 e. The fourth-order valence-corrected chi connectivity index (χ4v) is 1.78. The molecule has 1 aromatic heterocycles.